The number of fused-ring (bicyclic) bond motifs is 2. The van der Waals surface area contributed by atoms with Crippen molar-refractivity contribution in [1.29, 1.82) is 0 Å². The van der Waals surface area contributed by atoms with Crippen LogP contribution in [0, 0.1) is 5.41 Å². The molecule has 4 aromatic rings. The Kier molecular flexibility index (Phi) is 4.09. The molecule has 1 aliphatic carbocycles. The first-order chi connectivity index (χ1) is 16.5. The highest BCUT2D eigenvalue weighted by atomic mass is 16.5. The first-order valence-corrected chi connectivity index (χ1v) is 12.0. The molecule has 10 heteroatoms. The van der Waals surface area contributed by atoms with Crippen molar-refractivity contribution in [3.63, 3.8) is 0 Å². The van der Waals surface area contributed by atoms with Crippen LogP contribution in [0.3, 0.4) is 0 Å². The van der Waals surface area contributed by atoms with Gasteiger partial charge in [0.05, 0.1) is 23.8 Å². The van der Waals surface area contributed by atoms with Crippen molar-refractivity contribution in [3.8, 4) is 0 Å². The van der Waals surface area contributed by atoms with Gasteiger partial charge in [0.15, 0.2) is 11.2 Å². The van der Waals surface area contributed by atoms with Gasteiger partial charge in [-0.1, -0.05) is 12.1 Å². The molecule has 2 atom stereocenters. The molecule has 5 heterocycles. The summed E-state index contributed by atoms with van der Waals surface area (Å²) in [5, 5.41) is 8.00. The summed E-state index contributed by atoms with van der Waals surface area (Å²) in [6.07, 6.45) is 3.58. The van der Waals surface area contributed by atoms with Crippen LogP contribution in [-0.4, -0.2) is 57.0 Å². The molecule has 10 nitrogen and oxygen atoms in total. The van der Waals surface area contributed by atoms with Crippen LogP contribution in [-0.2, 0) is 10.2 Å². The van der Waals surface area contributed by atoms with E-state index < -0.39 is 5.41 Å². The average Bonchev–Trinajstić information content (AvgIpc) is 3.21. The Balaban J connectivity index is 1.21. The summed E-state index contributed by atoms with van der Waals surface area (Å²) in [7, 11) is 0. The van der Waals surface area contributed by atoms with Crippen LogP contribution < -0.4 is 16.2 Å². The molecule has 7 rings (SSSR count). The summed E-state index contributed by atoms with van der Waals surface area (Å²) in [4.78, 5) is 27.8. The van der Waals surface area contributed by atoms with E-state index in [-0.39, 0.29) is 23.1 Å². The van der Waals surface area contributed by atoms with E-state index >= 15 is 0 Å². The minimum atomic E-state index is -0.462. The van der Waals surface area contributed by atoms with Crippen molar-refractivity contribution in [2.75, 3.05) is 24.6 Å². The Morgan fingerprint density at radius 2 is 1.94 bits per heavy atom. The minimum Gasteiger partial charge on any atom is -0.440 e. The summed E-state index contributed by atoms with van der Waals surface area (Å²) in [6, 6.07) is 7.74. The number of nitrogens with two attached hydrogens (primary N) is 1. The lowest BCUT2D eigenvalue weighted by Gasteiger charge is -2.41. The van der Waals surface area contributed by atoms with Gasteiger partial charge in [-0.15, -0.1) is 0 Å². The summed E-state index contributed by atoms with van der Waals surface area (Å²) in [5.41, 5.74) is 8.51. The Morgan fingerprint density at radius 3 is 2.65 bits per heavy atom. The van der Waals surface area contributed by atoms with Crippen molar-refractivity contribution < 1.29 is 9.15 Å². The molecule has 176 valence electrons. The molecule has 3 aromatic heterocycles. The third-order valence-corrected chi connectivity index (χ3v) is 8.25. The average molecular weight is 462 g/mol. The van der Waals surface area contributed by atoms with Gasteiger partial charge in [0, 0.05) is 24.5 Å². The second-order valence-electron chi connectivity index (χ2n) is 10.1. The number of aromatic amines is 2. The van der Waals surface area contributed by atoms with E-state index in [1.165, 1.54) is 0 Å². The maximum absolute atomic E-state index is 13.3. The summed E-state index contributed by atoms with van der Waals surface area (Å²) in [6.45, 7) is 4.28. The molecule has 2 aliphatic heterocycles. The highest BCUT2D eigenvalue weighted by Crippen LogP contribution is 2.54. The SMILES string of the molecule is C[C@@H]1OCC2(CCN(c3nc4n[nH]c(C5(c6nc7ccccc7o6)CC5)c4c(=O)[nH]3)CC2)[C@@H]1N. The van der Waals surface area contributed by atoms with E-state index in [9.17, 15) is 4.79 Å². The molecule has 1 aromatic carbocycles. The van der Waals surface area contributed by atoms with Crippen LogP contribution in [0.1, 0.15) is 44.2 Å². The highest BCUT2D eigenvalue weighted by molar-refractivity contribution is 5.81. The van der Waals surface area contributed by atoms with E-state index in [4.69, 9.17) is 24.9 Å². The monoisotopic (exact) mass is 461 g/mol. The lowest BCUT2D eigenvalue weighted by atomic mass is 9.73. The number of aromatic nitrogens is 5. The van der Waals surface area contributed by atoms with E-state index in [0.29, 0.717) is 29.5 Å². The Hall–Kier alpha value is -3.24. The van der Waals surface area contributed by atoms with Crippen LogP contribution in [0.15, 0.2) is 33.5 Å². The molecule has 2 saturated heterocycles. The molecule has 3 fully saturated rings. The molecule has 4 N–H and O–H groups in total. The van der Waals surface area contributed by atoms with Gasteiger partial charge in [0.2, 0.25) is 11.8 Å². The van der Waals surface area contributed by atoms with Crippen molar-refractivity contribution in [2.45, 2.75) is 50.2 Å². The van der Waals surface area contributed by atoms with Crippen molar-refractivity contribution in [3.05, 3.63) is 46.2 Å². The molecule has 0 unspecified atom stereocenters. The number of nitrogens with one attached hydrogen (secondary N) is 2. The number of piperidine rings is 1. The van der Waals surface area contributed by atoms with Crippen LogP contribution in [0.5, 0.6) is 0 Å². The molecular weight excluding hydrogens is 434 g/mol. The van der Waals surface area contributed by atoms with Crippen LogP contribution in [0.2, 0.25) is 0 Å². The lowest BCUT2D eigenvalue weighted by Crippen LogP contribution is -2.51. The predicted octanol–water partition coefficient (Wildman–Crippen LogP) is 2.20. The topological polar surface area (TPSA) is 139 Å². The number of benzene rings is 1. The van der Waals surface area contributed by atoms with Crippen LogP contribution >= 0.6 is 0 Å². The van der Waals surface area contributed by atoms with E-state index in [0.717, 1.165) is 55.6 Å². The number of hydrogen-bond donors (Lipinski definition) is 3. The highest BCUT2D eigenvalue weighted by Gasteiger charge is 2.53. The molecule has 0 amide bonds. The number of ether oxygens (including phenoxy) is 1. The second kappa shape index (κ2) is 6.89. The van der Waals surface area contributed by atoms with Gasteiger partial charge >= 0.3 is 0 Å². The van der Waals surface area contributed by atoms with Gasteiger partial charge in [0.25, 0.3) is 5.56 Å². The quantitative estimate of drug-likeness (QED) is 0.422. The normalized spacial score (nSPS) is 25.5. The summed E-state index contributed by atoms with van der Waals surface area (Å²) >= 11 is 0. The molecule has 1 spiro atoms. The van der Waals surface area contributed by atoms with Gasteiger partial charge < -0.3 is 19.8 Å². The predicted molar refractivity (Wildman–Crippen MR) is 126 cm³/mol. The fourth-order valence-corrected chi connectivity index (χ4v) is 5.83. The van der Waals surface area contributed by atoms with E-state index in [2.05, 4.69) is 20.1 Å². The molecular formula is C24H27N7O3. The van der Waals surface area contributed by atoms with Gasteiger partial charge in [-0.05, 0) is 44.7 Å². The maximum Gasteiger partial charge on any atom is 0.263 e. The van der Waals surface area contributed by atoms with Gasteiger partial charge in [-0.3, -0.25) is 14.9 Å². The summed E-state index contributed by atoms with van der Waals surface area (Å²) < 4.78 is 11.9. The minimum absolute atomic E-state index is 0.0117. The number of H-pyrrole nitrogens is 2. The Morgan fingerprint density at radius 1 is 1.15 bits per heavy atom. The van der Waals surface area contributed by atoms with Gasteiger partial charge in [-0.2, -0.15) is 10.1 Å². The molecule has 1 saturated carbocycles. The number of hydrogen-bond acceptors (Lipinski definition) is 8. The zero-order valence-electron chi connectivity index (χ0n) is 19.0. The Labute approximate surface area is 194 Å². The smallest absolute Gasteiger partial charge is 0.263 e. The standard InChI is InChI=1S/C24H27N7O3/c1-13-17(25)23(12-33-13)8-10-31(11-9-23)22-27-19-16(20(32)28-22)18(29-30-19)24(6-7-24)21-26-14-4-2-3-5-15(14)34-21/h2-5,13,17H,6-12,25H2,1H3,(H2,27,28,29,30,32)/t13-,17+/m0/s1. The van der Waals surface area contributed by atoms with Crippen LogP contribution in [0.25, 0.3) is 22.1 Å². The van der Waals surface area contributed by atoms with Gasteiger partial charge in [0.1, 0.15) is 10.9 Å². The third kappa shape index (κ3) is 2.75. The first-order valence-electron chi connectivity index (χ1n) is 12.0. The second-order valence-corrected chi connectivity index (χ2v) is 10.1. The van der Waals surface area contributed by atoms with Crippen molar-refractivity contribution in [1.82, 2.24) is 25.1 Å². The number of anilines is 1. The number of nitrogens with zero attached hydrogens (tertiary/aromatic N) is 4. The number of para-hydroxylation sites is 2. The fraction of sp³-hybridized carbons (Fsp3) is 0.500. The Bertz CT molecular complexity index is 1430. The molecule has 0 bridgehead atoms. The van der Waals surface area contributed by atoms with Crippen molar-refractivity contribution in [2.24, 2.45) is 11.1 Å². The molecule has 3 aliphatic rings. The largest absolute Gasteiger partial charge is 0.440 e. The van der Waals surface area contributed by atoms with E-state index in [1.807, 2.05) is 31.2 Å². The van der Waals surface area contributed by atoms with Gasteiger partial charge in [-0.25, -0.2) is 4.98 Å². The number of rotatable bonds is 3. The first kappa shape index (κ1) is 20.2. The number of oxazole rings is 1. The fourth-order valence-electron chi connectivity index (χ4n) is 5.83. The zero-order chi connectivity index (χ0) is 23.1. The van der Waals surface area contributed by atoms with E-state index in [1.54, 1.807) is 0 Å². The van der Waals surface area contributed by atoms with Crippen LogP contribution in [0.4, 0.5) is 5.95 Å². The lowest BCUT2D eigenvalue weighted by molar-refractivity contribution is 0.0973. The third-order valence-electron chi connectivity index (χ3n) is 8.25. The maximum atomic E-state index is 13.3. The van der Waals surface area contributed by atoms with Crippen molar-refractivity contribution >= 4 is 28.1 Å². The zero-order valence-corrected chi connectivity index (χ0v) is 19.0. The molecule has 34 heavy (non-hydrogen) atoms. The molecule has 0 radical (unpaired) electrons. The summed E-state index contributed by atoms with van der Waals surface area (Å²) in [5.74, 6) is 1.17.